The van der Waals surface area contributed by atoms with Crippen molar-refractivity contribution in [2.24, 2.45) is 5.92 Å². The van der Waals surface area contributed by atoms with Gasteiger partial charge in [0, 0.05) is 25.7 Å². The van der Waals surface area contributed by atoms with Gasteiger partial charge in [0.15, 0.2) is 0 Å². The largest absolute Gasteiger partial charge is 0.444 e. The predicted octanol–water partition coefficient (Wildman–Crippen LogP) is 3.12. The summed E-state index contributed by atoms with van der Waals surface area (Å²) in [7, 11) is 2.25. The highest BCUT2D eigenvalue weighted by Gasteiger charge is 2.29. The SMILES string of the molecule is CN(CC1CCN(C(=O)OC(C)(C)C)CC1)C1CCC1. The zero-order valence-corrected chi connectivity index (χ0v) is 13.5. The summed E-state index contributed by atoms with van der Waals surface area (Å²) in [5.41, 5.74) is -0.391. The molecule has 1 aliphatic carbocycles. The van der Waals surface area contributed by atoms with E-state index in [9.17, 15) is 4.79 Å². The van der Waals surface area contributed by atoms with E-state index >= 15 is 0 Å². The van der Waals surface area contributed by atoms with Crippen molar-refractivity contribution in [3.8, 4) is 0 Å². The molecular formula is C16H30N2O2. The third-order valence-corrected chi connectivity index (χ3v) is 4.51. The predicted molar refractivity (Wildman–Crippen MR) is 80.8 cm³/mol. The molecular weight excluding hydrogens is 252 g/mol. The van der Waals surface area contributed by atoms with E-state index in [1.807, 2.05) is 25.7 Å². The number of hydrogen-bond acceptors (Lipinski definition) is 3. The van der Waals surface area contributed by atoms with Crippen LogP contribution in [0.15, 0.2) is 0 Å². The Labute approximate surface area is 123 Å². The number of ether oxygens (including phenoxy) is 1. The molecule has 0 atom stereocenters. The van der Waals surface area contributed by atoms with Crippen molar-refractivity contribution in [1.29, 1.82) is 0 Å². The van der Waals surface area contributed by atoms with Gasteiger partial charge in [-0.1, -0.05) is 6.42 Å². The van der Waals surface area contributed by atoms with Gasteiger partial charge in [-0.3, -0.25) is 0 Å². The topological polar surface area (TPSA) is 32.8 Å². The summed E-state index contributed by atoms with van der Waals surface area (Å²) in [6.07, 6.45) is 6.20. The van der Waals surface area contributed by atoms with E-state index in [1.54, 1.807) is 0 Å². The second-order valence-electron chi connectivity index (χ2n) is 7.44. The summed E-state index contributed by atoms with van der Waals surface area (Å²) in [5.74, 6) is 0.735. The van der Waals surface area contributed by atoms with E-state index < -0.39 is 5.60 Å². The Balaban J connectivity index is 1.70. The van der Waals surface area contributed by atoms with Gasteiger partial charge in [0.1, 0.15) is 5.60 Å². The van der Waals surface area contributed by atoms with Gasteiger partial charge in [-0.15, -0.1) is 0 Å². The molecule has 1 saturated heterocycles. The minimum Gasteiger partial charge on any atom is -0.444 e. The van der Waals surface area contributed by atoms with Crippen LogP contribution < -0.4 is 0 Å². The number of likely N-dealkylation sites (tertiary alicyclic amines) is 1. The second kappa shape index (κ2) is 6.33. The number of nitrogens with zero attached hydrogens (tertiary/aromatic N) is 2. The molecule has 4 heteroatoms. The summed E-state index contributed by atoms with van der Waals surface area (Å²) in [6, 6.07) is 0.818. The van der Waals surface area contributed by atoms with Gasteiger partial charge in [0.05, 0.1) is 0 Å². The molecule has 0 aromatic carbocycles. The Morgan fingerprint density at radius 3 is 2.25 bits per heavy atom. The van der Waals surface area contributed by atoms with E-state index in [0.717, 1.165) is 37.9 Å². The van der Waals surface area contributed by atoms with Gasteiger partial charge in [-0.2, -0.15) is 0 Å². The van der Waals surface area contributed by atoms with Crippen LogP contribution in [0.5, 0.6) is 0 Å². The van der Waals surface area contributed by atoms with E-state index in [4.69, 9.17) is 4.74 Å². The van der Waals surface area contributed by atoms with E-state index in [2.05, 4.69) is 11.9 Å². The van der Waals surface area contributed by atoms with Crippen LogP contribution in [0.3, 0.4) is 0 Å². The lowest BCUT2D eigenvalue weighted by Gasteiger charge is -2.39. The fraction of sp³-hybridized carbons (Fsp3) is 0.938. The normalized spacial score (nSPS) is 21.9. The van der Waals surface area contributed by atoms with Crippen LogP contribution in [-0.4, -0.2) is 54.2 Å². The van der Waals surface area contributed by atoms with Crippen LogP contribution >= 0.6 is 0 Å². The quantitative estimate of drug-likeness (QED) is 0.797. The van der Waals surface area contributed by atoms with Crippen molar-refractivity contribution in [2.75, 3.05) is 26.7 Å². The average molecular weight is 282 g/mol. The smallest absolute Gasteiger partial charge is 0.410 e. The van der Waals surface area contributed by atoms with Crippen molar-refractivity contribution in [3.63, 3.8) is 0 Å². The summed E-state index contributed by atoms with van der Waals surface area (Å²) in [6.45, 7) is 8.64. The molecule has 0 unspecified atom stereocenters. The van der Waals surface area contributed by atoms with Crippen molar-refractivity contribution in [3.05, 3.63) is 0 Å². The molecule has 0 aromatic heterocycles. The summed E-state index contributed by atoms with van der Waals surface area (Å²) >= 11 is 0. The molecule has 20 heavy (non-hydrogen) atoms. The molecule has 2 fully saturated rings. The zero-order chi connectivity index (χ0) is 14.8. The van der Waals surface area contributed by atoms with Crippen LogP contribution in [-0.2, 0) is 4.74 Å². The lowest BCUT2D eigenvalue weighted by Crippen LogP contribution is -2.45. The third-order valence-electron chi connectivity index (χ3n) is 4.51. The fourth-order valence-corrected chi connectivity index (χ4v) is 3.01. The first-order valence-electron chi connectivity index (χ1n) is 8.03. The Kier molecular flexibility index (Phi) is 4.95. The lowest BCUT2D eigenvalue weighted by molar-refractivity contribution is 0.0159. The molecule has 1 aliphatic heterocycles. The highest BCUT2D eigenvalue weighted by atomic mass is 16.6. The molecule has 0 bridgehead atoms. The molecule has 0 spiro atoms. The minimum atomic E-state index is -0.391. The minimum absolute atomic E-state index is 0.150. The second-order valence-corrected chi connectivity index (χ2v) is 7.44. The maximum atomic E-state index is 12.0. The first-order valence-corrected chi connectivity index (χ1v) is 8.03. The number of carbonyl (C=O) groups excluding carboxylic acids is 1. The molecule has 4 nitrogen and oxygen atoms in total. The molecule has 0 N–H and O–H groups in total. The Morgan fingerprint density at radius 1 is 1.20 bits per heavy atom. The van der Waals surface area contributed by atoms with Crippen LogP contribution in [0.25, 0.3) is 0 Å². The standard InChI is InChI=1S/C16H30N2O2/c1-16(2,3)20-15(19)18-10-8-13(9-11-18)12-17(4)14-6-5-7-14/h13-14H,5-12H2,1-4H3. The van der Waals surface area contributed by atoms with E-state index in [1.165, 1.54) is 25.8 Å². The number of carbonyl (C=O) groups is 1. The third kappa shape index (κ3) is 4.37. The van der Waals surface area contributed by atoms with E-state index in [-0.39, 0.29) is 6.09 Å². The highest BCUT2D eigenvalue weighted by Crippen LogP contribution is 2.26. The molecule has 116 valence electrons. The summed E-state index contributed by atoms with van der Waals surface area (Å²) in [5, 5.41) is 0. The fourth-order valence-electron chi connectivity index (χ4n) is 3.01. The number of piperidine rings is 1. The number of rotatable bonds is 3. The summed E-state index contributed by atoms with van der Waals surface area (Å²) in [4.78, 5) is 16.4. The Hall–Kier alpha value is -0.770. The van der Waals surface area contributed by atoms with Crippen LogP contribution in [0.2, 0.25) is 0 Å². The molecule has 2 rings (SSSR count). The zero-order valence-electron chi connectivity index (χ0n) is 13.5. The van der Waals surface area contributed by atoms with Crippen LogP contribution in [0.4, 0.5) is 4.79 Å². The van der Waals surface area contributed by atoms with Crippen molar-refractivity contribution in [1.82, 2.24) is 9.80 Å². The number of hydrogen-bond donors (Lipinski definition) is 0. The Morgan fingerprint density at radius 2 is 1.80 bits per heavy atom. The monoisotopic (exact) mass is 282 g/mol. The van der Waals surface area contributed by atoms with Gasteiger partial charge < -0.3 is 14.5 Å². The van der Waals surface area contributed by atoms with Gasteiger partial charge in [-0.05, 0) is 59.4 Å². The van der Waals surface area contributed by atoms with E-state index in [0.29, 0.717) is 0 Å². The maximum Gasteiger partial charge on any atom is 0.410 e. The molecule has 0 radical (unpaired) electrons. The van der Waals surface area contributed by atoms with Crippen LogP contribution in [0, 0.1) is 5.92 Å². The first kappa shape index (κ1) is 15.6. The van der Waals surface area contributed by atoms with Gasteiger partial charge in [0.2, 0.25) is 0 Å². The van der Waals surface area contributed by atoms with Crippen molar-refractivity contribution >= 4 is 6.09 Å². The highest BCUT2D eigenvalue weighted by molar-refractivity contribution is 5.68. The maximum absolute atomic E-state index is 12.0. The molecule has 2 aliphatic rings. The van der Waals surface area contributed by atoms with Gasteiger partial charge in [-0.25, -0.2) is 4.79 Å². The number of amides is 1. The Bertz CT molecular complexity index is 326. The molecule has 1 amide bonds. The van der Waals surface area contributed by atoms with Gasteiger partial charge in [0.25, 0.3) is 0 Å². The van der Waals surface area contributed by atoms with Crippen molar-refractivity contribution < 1.29 is 9.53 Å². The first-order chi connectivity index (χ1) is 9.35. The average Bonchev–Trinajstić information content (AvgIpc) is 2.24. The molecule has 0 aromatic rings. The van der Waals surface area contributed by atoms with Crippen LogP contribution in [0.1, 0.15) is 52.9 Å². The summed E-state index contributed by atoms with van der Waals surface area (Å²) < 4.78 is 5.43. The molecule has 1 saturated carbocycles. The van der Waals surface area contributed by atoms with Crippen molar-refractivity contribution in [2.45, 2.75) is 64.5 Å². The molecule has 1 heterocycles. The lowest BCUT2D eigenvalue weighted by atomic mass is 9.89. The van der Waals surface area contributed by atoms with Gasteiger partial charge >= 0.3 is 6.09 Å².